The Hall–Kier alpha value is -3.01. The van der Waals surface area contributed by atoms with Gasteiger partial charge in [-0.2, -0.15) is 0 Å². The summed E-state index contributed by atoms with van der Waals surface area (Å²) in [5.74, 6) is 0.901. The third kappa shape index (κ3) is 3.01. The van der Waals surface area contributed by atoms with Gasteiger partial charge in [-0.1, -0.05) is 11.6 Å². The predicted molar refractivity (Wildman–Crippen MR) is 110 cm³/mol. The molecule has 1 atom stereocenters. The number of benzene rings is 2. The van der Waals surface area contributed by atoms with Gasteiger partial charge in [0, 0.05) is 21.9 Å². The zero-order valence-electron chi connectivity index (χ0n) is 15.8. The number of aldehydes is 1. The molecule has 2 heterocycles. The van der Waals surface area contributed by atoms with Crippen molar-refractivity contribution in [3.05, 3.63) is 53.1 Å². The Morgan fingerprint density at radius 2 is 2.04 bits per heavy atom. The highest BCUT2D eigenvalue weighted by molar-refractivity contribution is 6.13. The highest BCUT2D eigenvalue weighted by Gasteiger charge is 2.28. The number of phenolic OH excluding ortho intramolecular Hbond substituents is 1. The van der Waals surface area contributed by atoms with Crippen LogP contribution in [-0.4, -0.2) is 22.0 Å². The van der Waals surface area contributed by atoms with E-state index in [1.807, 2.05) is 12.1 Å². The summed E-state index contributed by atoms with van der Waals surface area (Å²) in [6.07, 6.45) is 9.05. The van der Waals surface area contributed by atoms with E-state index in [0.717, 1.165) is 46.7 Å². The predicted octanol–water partition coefficient (Wildman–Crippen LogP) is 5.75. The molecule has 1 aliphatic heterocycles. The van der Waals surface area contributed by atoms with Gasteiger partial charge in [0.1, 0.15) is 23.4 Å². The van der Waals surface area contributed by atoms with Crippen molar-refractivity contribution in [1.29, 1.82) is 0 Å². The van der Waals surface area contributed by atoms with Gasteiger partial charge in [-0.05, 0) is 70.0 Å². The van der Waals surface area contributed by atoms with Crippen molar-refractivity contribution in [1.82, 2.24) is 4.98 Å². The van der Waals surface area contributed by atoms with Gasteiger partial charge in [-0.25, -0.2) is 0 Å². The molecule has 1 aromatic heterocycles. The van der Waals surface area contributed by atoms with Crippen molar-refractivity contribution in [2.45, 2.75) is 39.2 Å². The van der Waals surface area contributed by atoms with E-state index in [2.05, 4.69) is 44.0 Å². The molecule has 4 nitrogen and oxygen atoms in total. The third-order valence-corrected chi connectivity index (χ3v) is 5.16. The molecule has 27 heavy (non-hydrogen) atoms. The van der Waals surface area contributed by atoms with Crippen molar-refractivity contribution in [3.63, 3.8) is 0 Å². The van der Waals surface area contributed by atoms with Crippen LogP contribution in [0.3, 0.4) is 0 Å². The van der Waals surface area contributed by atoms with E-state index in [0.29, 0.717) is 11.1 Å². The van der Waals surface area contributed by atoms with Gasteiger partial charge >= 0.3 is 0 Å². The number of aromatic nitrogens is 1. The fraction of sp³-hybridized carbons (Fsp3) is 0.261. The average Bonchev–Trinajstić information content (AvgIpc) is 3.00. The fourth-order valence-corrected chi connectivity index (χ4v) is 3.73. The Labute approximate surface area is 158 Å². The molecule has 2 aromatic carbocycles. The van der Waals surface area contributed by atoms with Gasteiger partial charge in [-0.3, -0.25) is 4.79 Å². The number of nitrogens with one attached hydrogen (secondary N) is 1. The monoisotopic (exact) mass is 361 g/mol. The molecule has 4 heteroatoms. The number of carbonyl (C=O) groups excluding carboxylic acids is 1. The number of aromatic amines is 1. The maximum absolute atomic E-state index is 11.1. The first kappa shape index (κ1) is 17.4. The maximum atomic E-state index is 11.1. The topological polar surface area (TPSA) is 62.3 Å². The molecule has 0 fully saturated rings. The van der Waals surface area contributed by atoms with Crippen LogP contribution in [0.4, 0.5) is 0 Å². The third-order valence-electron chi connectivity index (χ3n) is 5.16. The molecular formula is C23H23NO3. The molecule has 2 N–H and O–H groups in total. The van der Waals surface area contributed by atoms with Gasteiger partial charge in [0.25, 0.3) is 0 Å². The molecule has 0 spiro atoms. The van der Waals surface area contributed by atoms with E-state index in [-0.39, 0.29) is 11.4 Å². The number of fused-ring (bicyclic) bond motifs is 5. The molecule has 0 amide bonds. The smallest absolute Gasteiger partial charge is 0.150 e. The Balaban J connectivity index is 1.79. The van der Waals surface area contributed by atoms with Crippen LogP contribution in [0, 0.1) is 0 Å². The van der Waals surface area contributed by atoms with Crippen molar-refractivity contribution in [2.24, 2.45) is 0 Å². The van der Waals surface area contributed by atoms with Crippen LogP contribution in [0.25, 0.3) is 27.9 Å². The molecule has 1 aliphatic rings. The fourth-order valence-electron chi connectivity index (χ4n) is 3.73. The van der Waals surface area contributed by atoms with E-state index in [1.165, 1.54) is 11.6 Å². The largest absolute Gasteiger partial charge is 0.506 e. The number of allylic oxidation sites excluding steroid dienone is 2. The number of hydrogen-bond donors (Lipinski definition) is 2. The number of aromatic hydroxyl groups is 1. The quantitative estimate of drug-likeness (QED) is 0.459. The van der Waals surface area contributed by atoms with Gasteiger partial charge in [0.05, 0.1) is 11.0 Å². The number of carbonyl (C=O) groups is 1. The Morgan fingerprint density at radius 1 is 1.22 bits per heavy atom. The van der Waals surface area contributed by atoms with Gasteiger partial charge in [-0.15, -0.1) is 0 Å². The van der Waals surface area contributed by atoms with Crippen LogP contribution < -0.4 is 4.74 Å². The lowest BCUT2D eigenvalue weighted by Gasteiger charge is -2.31. The first-order chi connectivity index (χ1) is 12.9. The zero-order valence-corrected chi connectivity index (χ0v) is 15.8. The molecule has 3 aromatic rings. The van der Waals surface area contributed by atoms with Crippen molar-refractivity contribution in [3.8, 4) is 11.5 Å². The molecule has 0 aliphatic carbocycles. The summed E-state index contributed by atoms with van der Waals surface area (Å²) in [4.78, 5) is 14.4. The second-order valence-electron chi connectivity index (χ2n) is 7.67. The molecule has 0 radical (unpaired) electrons. The van der Waals surface area contributed by atoms with E-state index in [4.69, 9.17) is 4.74 Å². The van der Waals surface area contributed by atoms with E-state index >= 15 is 0 Å². The molecule has 0 unspecified atom stereocenters. The van der Waals surface area contributed by atoms with Gasteiger partial charge in [0.2, 0.25) is 0 Å². The summed E-state index contributed by atoms with van der Waals surface area (Å²) in [6.45, 7) is 6.31. The lowest BCUT2D eigenvalue weighted by atomic mass is 9.94. The Bertz CT molecular complexity index is 1120. The number of H-pyrrole nitrogens is 1. The molecule has 138 valence electrons. The number of rotatable bonds is 4. The normalized spacial score (nSPS) is 18.3. The lowest BCUT2D eigenvalue weighted by molar-refractivity contribution is 0.112. The van der Waals surface area contributed by atoms with Crippen molar-refractivity contribution < 1.29 is 14.6 Å². The first-order valence-electron chi connectivity index (χ1n) is 9.18. The summed E-state index contributed by atoms with van der Waals surface area (Å²) < 4.78 is 6.33. The minimum atomic E-state index is -0.342. The Morgan fingerprint density at radius 3 is 2.78 bits per heavy atom. The second kappa shape index (κ2) is 6.31. The summed E-state index contributed by atoms with van der Waals surface area (Å²) in [5.41, 5.74) is 3.93. The standard InChI is InChI=1S/C23H23NO3/c1-14(2)5-4-9-23(3)10-8-17-20(27-23)7-6-16-18-11-15(13-25)12-19(26)22(18)24-21(16)17/h5-8,10-13,24,26H,4,9H2,1-3H3/t23-/m0/s1. The maximum Gasteiger partial charge on any atom is 0.150 e. The minimum absolute atomic E-state index is 0.0758. The van der Waals surface area contributed by atoms with Gasteiger partial charge in [0.15, 0.2) is 0 Å². The van der Waals surface area contributed by atoms with Crippen molar-refractivity contribution >= 4 is 34.2 Å². The average molecular weight is 361 g/mol. The molecular weight excluding hydrogens is 338 g/mol. The van der Waals surface area contributed by atoms with Crippen LogP contribution in [0.2, 0.25) is 0 Å². The van der Waals surface area contributed by atoms with Crippen LogP contribution in [-0.2, 0) is 0 Å². The van der Waals surface area contributed by atoms with Crippen LogP contribution in [0.5, 0.6) is 11.5 Å². The molecule has 0 saturated carbocycles. The molecule has 4 rings (SSSR count). The van der Waals surface area contributed by atoms with Crippen LogP contribution in [0.1, 0.15) is 49.5 Å². The van der Waals surface area contributed by atoms with E-state index in [9.17, 15) is 9.90 Å². The number of phenols is 1. The summed E-state index contributed by atoms with van der Waals surface area (Å²) in [6, 6.07) is 7.23. The highest BCUT2D eigenvalue weighted by atomic mass is 16.5. The Kier molecular flexibility index (Phi) is 4.06. The van der Waals surface area contributed by atoms with E-state index in [1.54, 1.807) is 6.07 Å². The number of ether oxygens (including phenoxy) is 1. The zero-order chi connectivity index (χ0) is 19.2. The summed E-state index contributed by atoms with van der Waals surface area (Å²) in [5, 5.41) is 12.1. The van der Waals surface area contributed by atoms with Gasteiger partial charge < -0.3 is 14.8 Å². The first-order valence-corrected chi connectivity index (χ1v) is 9.18. The lowest BCUT2D eigenvalue weighted by Crippen LogP contribution is -2.31. The molecule has 0 saturated heterocycles. The van der Waals surface area contributed by atoms with Crippen LogP contribution >= 0.6 is 0 Å². The molecule has 0 bridgehead atoms. The summed E-state index contributed by atoms with van der Waals surface area (Å²) in [7, 11) is 0. The van der Waals surface area contributed by atoms with E-state index < -0.39 is 0 Å². The van der Waals surface area contributed by atoms with Crippen LogP contribution in [0.15, 0.2) is 42.0 Å². The minimum Gasteiger partial charge on any atom is -0.506 e. The number of hydrogen-bond acceptors (Lipinski definition) is 3. The summed E-state index contributed by atoms with van der Waals surface area (Å²) >= 11 is 0. The highest BCUT2D eigenvalue weighted by Crippen LogP contribution is 2.41. The second-order valence-corrected chi connectivity index (χ2v) is 7.67. The SMILES string of the molecule is CC(C)=CCC[C@@]1(C)C=Cc2c(ccc3c2[nH]c2c(O)cc(C=O)cc23)O1. The van der Waals surface area contributed by atoms with Crippen molar-refractivity contribution in [2.75, 3.05) is 0 Å².